The van der Waals surface area contributed by atoms with Crippen molar-refractivity contribution in [3.05, 3.63) is 33.8 Å². The topological polar surface area (TPSA) is 58.6 Å². The van der Waals surface area contributed by atoms with Gasteiger partial charge in [0, 0.05) is 29.5 Å². The Morgan fingerprint density at radius 1 is 1.32 bits per heavy atom. The third kappa shape index (κ3) is 5.95. The zero-order chi connectivity index (χ0) is 18.8. The first-order chi connectivity index (χ1) is 11.5. The first kappa shape index (κ1) is 19.6. The van der Waals surface area contributed by atoms with Crippen molar-refractivity contribution in [2.24, 2.45) is 0 Å². The van der Waals surface area contributed by atoms with E-state index in [1.54, 1.807) is 39.0 Å². The molecular formula is C17H21BrF2N2O3. The van der Waals surface area contributed by atoms with Crippen molar-refractivity contribution in [1.29, 1.82) is 0 Å². The lowest BCUT2D eigenvalue weighted by Crippen LogP contribution is -2.32. The van der Waals surface area contributed by atoms with E-state index in [2.05, 4.69) is 21.2 Å². The van der Waals surface area contributed by atoms with Gasteiger partial charge in [-0.2, -0.15) is 0 Å². The Morgan fingerprint density at radius 3 is 2.56 bits per heavy atom. The van der Waals surface area contributed by atoms with Gasteiger partial charge in [0.1, 0.15) is 5.60 Å². The zero-order valence-electron chi connectivity index (χ0n) is 14.4. The van der Waals surface area contributed by atoms with E-state index < -0.39 is 30.1 Å². The van der Waals surface area contributed by atoms with Gasteiger partial charge in [0.2, 0.25) is 0 Å². The summed E-state index contributed by atoms with van der Waals surface area (Å²) in [6, 6.07) is 4.91. The van der Waals surface area contributed by atoms with Gasteiger partial charge in [0.05, 0.1) is 6.54 Å². The fraction of sp³-hybridized carbons (Fsp3) is 0.529. The molecule has 8 heteroatoms. The molecule has 0 radical (unpaired) electrons. The summed E-state index contributed by atoms with van der Waals surface area (Å²) in [5.74, 6) is -3.28. The molecule has 1 aliphatic heterocycles. The number of carbonyl (C=O) groups is 2. The largest absolute Gasteiger partial charge is 0.444 e. The maximum absolute atomic E-state index is 13.3. The van der Waals surface area contributed by atoms with Crippen molar-refractivity contribution < 1.29 is 23.1 Å². The number of halogens is 3. The van der Waals surface area contributed by atoms with Crippen molar-refractivity contribution in [3.63, 3.8) is 0 Å². The number of alkyl carbamates (subject to hydrolysis) is 1. The predicted molar refractivity (Wildman–Crippen MR) is 92.7 cm³/mol. The molecule has 0 aliphatic carbocycles. The summed E-state index contributed by atoms with van der Waals surface area (Å²) >= 11 is 3.31. The molecule has 138 valence electrons. The van der Waals surface area contributed by atoms with Crippen LogP contribution in [0.5, 0.6) is 0 Å². The Hall–Kier alpha value is -1.70. The fourth-order valence-electron chi connectivity index (χ4n) is 2.46. The van der Waals surface area contributed by atoms with Gasteiger partial charge in [-0.25, -0.2) is 13.6 Å². The van der Waals surface area contributed by atoms with Crippen LogP contribution < -0.4 is 5.32 Å². The van der Waals surface area contributed by atoms with E-state index in [-0.39, 0.29) is 19.5 Å². The van der Waals surface area contributed by atoms with Gasteiger partial charge in [-0.3, -0.25) is 4.79 Å². The summed E-state index contributed by atoms with van der Waals surface area (Å²) in [6.45, 7) is 4.90. The van der Waals surface area contributed by atoms with E-state index in [1.807, 2.05) is 0 Å². The summed E-state index contributed by atoms with van der Waals surface area (Å²) in [6.07, 6.45) is -0.890. The second-order valence-electron chi connectivity index (χ2n) is 7.04. The highest BCUT2D eigenvalue weighted by molar-refractivity contribution is 9.10. The highest BCUT2D eigenvalue weighted by atomic mass is 79.9. The molecule has 0 aromatic heterocycles. The van der Waals surface area contributed by atoms with Crippen LogP contribution in [0, 0.1) is 0 Å². The standard InChI is InChI=1S/C17H21BrF2N2O3/c1-16(2,3)25-15(24)21-9-11-6-12(8-13(18)7-11)14(23)22-5-4-17(19,20)10-22/h6-8H,4-5,9-10H2,1-3H3,(H,21,24). The lowest BCUT2D eigenvalue weighted by molar-refractivity contribution is 0.0120. The first-order valence-electron chi connectivity index (χ1n) is 7.89. The van der Waals surface area contributed by atoms with Gasteiger partial charge in [-0.1, -0.05) is 15.9 Å². The minimum atomic E-state index is -2.83. The number of nitrogens with zero attached hydrogens (tertiary/aromatic N) is 1. The molecule has 0 unspecified atom stereocenters. The summed E-state index contributed by atoms with van der Waals surface area (Å²) in [5, 5.41) is 2.60. The molecule has 2 amide bonds. The Balaban J connectivity index is 2.05. The summed E-state index contributed by atoms with van der Waals surface area (Å²) in [7, 11) is 0. The van der Waals surface area contributed by atoms with Crippen LogP contribution >= 0.6 is 15.9 Å². The lowest BCUT2D eigenvalue weighted by atomic mass is 10.1. The predicted octanol–water partition coefficient (Wildman–Crippen LogP) is 3.96. The number of rotatable bonds is 3. The molecule has 0 atom stereocenters. The molecule has 0 saturated carbocycles. The number of alkyl halides is 2. The van der Waals surface area contributed by atoms with E-state index in [0.29, 0.717) is 15.6 Å². The van der Waals surface area contributed by atoms with Gasteiger partial charge >= 0.3 is 6.09 Å². The van der Waals surface area contributed by atoms with E-state index in [1.165, 1.54) is 0 Å². The molecule has 1 aliphatic rings. The van der Waals surface area contributed by atoms with Gasteiger partial charge in [-0.15, -0.1) is 0 Å². The number of carbonyl (C=O) groups excluding carboxylic acids is 2. The second-order valence-corrected chi connectivity index (χ2v) is 7.95. The smallest absolute Gasteiger partial charge is 0.407 e. The Kier molecular flexibility index (Phi) is 5.71. The van der Waals surface area contributed by atoms with Crippen LogP contribution in [-0.2, 0) is 11.3 Å². The number of nitrogens with one attached hydrogen (secondary N) is 1. The zero-order valence-corrected chi connectivity index (χ0v) is 16.0. The normalized spacial score (nSPS) is 16.6. The number of likely N-dealkylation sites (tertiary alicyclic amines) is 1. The highest BCUT2D eigenvalue weighted by Crippen LogP contribution is 2.28. The van der Waals surface area contributed by atoms with Gasteiger partial charge in [0.15, 0.2) is 0 Å². The van der Waals surface area contributed by atoms with E-state index in [4.69, 9.17) is 4.74 Å². The summed E-state index contributed by atoms with van der Waals surface area (Å²) in [4.78, 5) is 25.3. The first-order valence-corrected chi connectivity index (χ1v) is 8.68. The second kappa shape index (κ2) is 7.27. The average molecular weight is 419 g/mol. The van der Waals surface area contributed by atoms with Crippen LogP contribution in [0.2, 0.25) is 0 Å². The van der Waals surface area contributed by atoms with Crippen LogP contribution in [0.3, 0.4) is 0 Å². The van der Waals surface area contributed by atoms with Crippen LogP contribution in [-0.4, -0.2) is 41.5 Å². The molecule has 1 aromatic carbocycles. The quantitative estimate of drug-likeness (QED) is 0.807. The van der Waals surface area contributed by atoms with Gasteiger partial charge in [-0.05, 0) is 44.5 Å². The molecule has 1 heterocycles. The third-order valence-electron chi connectivity index (χ3n) is 3.50. The van der Waals surface area contributed by atoms with Crippen LogP contribution in [0.1, 0.15) is 43.1 Å². The van der Waals surface area contributed by atoms with Crippen molar-refractivity contribution in [3.8, 4) is 0 Å². The molecule has 25 heavy (non-hydrogen) atoms. The molecule has 1 aromatic rings. The molecule has 1 N–H and O–H groups in total. The third-order valence-corrected chi connectivity index (χ3v) is 3.95. The van der Waals surface area contributed by atoms with Gasteiger partial charge in [0.25, 0.3) is 11.8 Å². The monoisotopic (exact) mass is 418 g/mol. The number of amides is 2. The summed E-state index contributed by atoms with van der Waals surface area (Å²) in [5.41, 5.74) is 0.353. The molecule has 0 bridgehead atoms. The van der Waals surface area contributed by atoms with Crippen molar-refractivity contribution in [2.45, 2.75) is 45.3 Å². The summed E-state index contributed by atoms with van der Waals surface area (Å²) < 4.78 is 32.4. The van der Waals surface area contributed by atoms with E-state index in [9.17, 15) is 18.4 Å². The molecule has 2 rings (SSSR count). The number of benzene rings is 1. The highest BCUT2D eigenvalue weighted by Gasteiger charge is 2.40. The van der Waals surface area contributed by atoms with E-state index in [0.717, 1.165) is 4.90 Å². The van der Waals surface area contributed by atoms with Crippen molar-refractivity contribution >= 4 is 27.9 Å². The number of hydrogen-bond donors (Lipinski definition) is 1. The van der Waals surface area contributed by atoms with Crippen LogP contribution in [0.15, 0.2) is 22.7 Å². The van der Waals surface area contributed by atoms with Crippen LogP contribution in [0.4, 0.5) is 13.6 Å². The lowest BCUT2D eigenvalue weighted by Gasteiger charge is -2.20. The SMILES string of the molecule is CC(C)(C)OC(=O)NCc1cc(Br)cc(C(=O)N2CCC(F)(F)C2)c1. The molecule has 1 fully saturated rings. The van der Waals surface area contributed by atoms with Gasteiger partial charge < -0.3 is 15.0 Å². The molecular weight excluding hydrogens is 398 g/mol. The molecule has 0 spiro atoms. The van der Waals surface area contributed by atoms with Crippen molar-refractivity contribution in [1.82, 2.24) is 10.2 Å². The van der Waals surface area contributed by atoms with E-state index >= 15 is 0 Å². The average Bonchev–Trinajstić information content (AvgIpc) is 2.82. The van der Waals surface area contributed by atoms with Crippen LogP contribution in [0.25, 0.3) is 0 Å². The maximum Gasteiger partial charge on any atom is 0.407 e. The van der Waals surface area contributed by atoms with Crippen molar-refractivity contribution in [2.75, 3.05) is 13.1 Å². The number of hydrogen-bond acceptors (Lipinski definition) is 3. The maximum atomic E-state index is 13.3. The Morgan fingerprint density at radius 2 is 2.00 bits per heavy atom. The Bertz CT molecular complexity index is 674. The molecule has 5 nitrogen and oxygen atoms in total. The minimum Gasteiger partial charge on any atom is -0.444 e. The number of ether oxygens (including phenoxy) is 1. The molecule has 1 saturated heterocycles. The Labute approximate surface area is 153 Å². The minimum absolute atomic E-state index is 0.0316. The fourth-order valence-corrected chi connectivity index (χ4v) is 3.00.